The van der Waals surface area contributed by atoms with E-state index in [0.717, 1.165) is 51.3 Å². The van der Waals surface area contributed by atoms with E-state index in [0.29, 0.717) is 23.3 Å². The van der Waals surface area contributed by atoms with Crippen molar-refractivity contribution in [3.63, 3.8) is 0 Å². The zero-order valence-electron chi connectivity index (χ0n) is 11.9. The third-order valence-electron chi connectivity index (χ3n) is 4.50. The Morgan fingerprint density at radius 3 is 2.63 bits per heavy atom. The minimum absolute atomic E-state index is 0.329. The smallest absolute Gasteiger partial charge is 0.222 e. The second-order valence-electron chi connectivity index (χ2n) is 5.92. The van der Waals surface area contributed by atoms with E-state index >= 15 is 0 Å². The highest BCUT2D eigenvalue weighted by molar-refractivity contribution is 9.09. The minimum Gasteiger partial charge on any atom is -0.378 e. The first kappa shape index (κ1) is 15.3. The van der Waals surface area contributed by atoms with Gasteiger partial charge in [-0.2, -0.15) is 0 Å². The van der Waals surface area contributed by atoms with Gasteiger partial charge in [-0.05, 0) is 44.4 Å². The van der Waals surface area contributed by atoms with Gasteiger partial charge in [0.1, 0.15) is 0 Å². The monoisotopic (exact) mass is 331 g/mol. The van der Waals surface area contributed by atoms with Gasteiger partial charge < -0.3 is 9.64 Å². The second kappa shape index (κ2) is 7.63. The van der Waals surface area contributed by atoms with Crippen molar-refractivity contribution in [2.75, 3.05) is 19.7 Å². The fourth-order valence-electron chi connectivity index (χ4n) is 3.09. The Kier molecular flexibility index (Phi) is 6.14. The topological polar surface area (TPSA) is 29.5 Å². The van der Waals surface area contributed by atoms with Gasteiger partial charge in [-0.3, -0.25) is 4.79 Å². The third kappa shape index (κ3) is 4.75. The quantitative estimate of drug-likeness (QED) is 0.739. The summed E-state index contributed by atoms with van der Waals surface area (Å²) in [7, 11) is 0. The van der Waals surface area contributed by atoms with Gasteiger partial charge in [-0.15, -0.1) is 0 Å². The molecule has 2 aliphatic heterocycles. The van der Waals surface area contributed by atoms with E-state index in [2.05, 4.69) is 27.8 Å². The van der Waals surface area contributed by atoms with Crippen LogP contribution in [-0.4, -0.2) is 41.4 Å². The maximum Gasteiger partial charge on any atom is 0.222 e. The van der Waals surface area contributed by atoms with E-state index in [9.17, 15) is 4.79 Å². The first-order valence-electron chi connectivity index (χ1n) is 7.70. The molecular weight excluding hydrogens is 306 g/mol. The van der Waals surface area contributed by atoms with Crippen molar-refractivity contribution in [1.82, 2.24) is 4.90 Å². The number of carbonyl (C=O) groups is 1. The van der Waals surface area contributed by atoms with Gasteiger partial charge in [-0.25, -0.2) is 0 Å². The Morgan fingerprint density at radius 2 is 2.05 bits per heavy atom. The number of alkyl halides is 1. The number of hydrogen-bond acceptors (Lipinski definition) is 2. The Bertz CT molecular complexity index is 282. The summed E-state index contributed by atoms with van der Waals surface area (Å²) in [4.78, 5) is 14.8. The standard InChI is InChI=1S/C15H26BrNO2/c1-12(16)13-7-9-17(10-8-13)15(18)6-5-14-4-2-3-11-19-14/h12-14H,2-11H2,1H3. The number of carbonyl (C=O) groups excluding carboxylic acids is 1. The van der Waals surface area contributed by atoms with Crippen molar-refractivity contribution in [3.8, 4) is 0 Å². The summed E-state index contributed by atoms with van der Waals surface area (Å²) in [5, 5.41) is 0. The van der Waals surface area contributed by atoms with Crippen LogP contribution in [0.3, 0.4) is 0 Å². The van der Waals surface area contributed by atoms with Crippen molar-refractivity contribution < 1.29 is 9.53 Å². The highest BCUT2D eigenvalue weighted by Crippen LogP contribution is 2.25. The van der Waals surface area contributed by atoms with Gasteiger partial charge in [0.05, 0.1) is 6.10 Å². The van der Waals surface area contributed by atoms with Crippen LogP contribution in [0.2, 0.25) is 0 Å². The van der Waals surface area contributed by atoms with Gasteiger partial charge in [0.2, 0.25) is 5.91 Å². The molecule has 3 nitrogen and oxygen atoms in total. The van der Waals surface area contributed by atoms with Gasteiger partial charge in [0, 0.05) is 30.9 Å². The van der Waals surface area contributed by atoms with Crippen LogP contribution in [0.25, 0.3) is 0 Å². The van der Waals surface area contributed by atoms with Crippen molar-refractivity contribution in [2.45, 2.75) is 62.8 Å². The van der Waals surface area contributed by atoms with Crippen LogP contribution in [0.1, 0.15) is 51.9 Å². The normalized spacial score (nSPS) is 27.3. The number of ether oxygens (including phenoxy) is 1. The van der Waals surface area contributed by atoms with Crippen molar-refractivity contribution in [1.29, 1.82) is 0 Å². The molecule has 2 atom stereocenters. The second-order valence-corrected chi connectivity index (χ2v) is 7.37. The largest absolute Gasteiger partial charge is 0.378 e. The highest BCUT2D eigenvalue weighted by atomic mass is 79.9. The summed E-state index contributed by atoms with van der Waals surface area (Å²) in [6.07, 6.45) is 7.76. The number of hydrogen-bond donors (Lipinski definition) is 0. The molecule has 0 N–H and O–H groups in total. The predicted molar refractivity (Wildman–Crippen MR) is 80.5 cm³/mol. The average Bonchev–Trinajstić information content (AvgIpc) is 2.46. The van der Waals surface area contributed by atoms with E-state index in [1.54, 1.807) is 0 Å². The molecule has 0 saturated carbocycles. The van der Waals surface area contributed by atoms with Crippen LogP contribution in [0.15, 0.2) is 0 Å². The molecule has 2 heterocycles. The van der Waals surface area contributed by atoms with E-state index < -0.39 is 0 Å². The first-order chi connectivity index (χ1) is 9.16. The zero-order valence-corrected chi connectivity index (χ0v) is 13.5. The molecule has 2 fully saturated rings. The molecule has 0 radical (unpaired) electrons. The molecule has 2 unspecified atom stereocenters. The fourth-order valence-corrected chi connectivity index (χ4v) is 3.61. The predicted octanol–water partition coefficient (Wildman–Crippen LogP) is 3.36. The lowest BCUT2D eigenvalue weighted by molar-refractivity contribution is -0.133. The molecule has 2 saturated heterocycles. The maximum atomic E-state index is 12.2. The van der Waals surface area contributed by atoms with Crippen molar-refractivity contribution in [2.24, 2.45) is 5.92 Å². The molecule has 2 rings (SSSR count). The number of likely N-dealkylation sites (tertiary alicyclic amines) is 1. The summed E-state index contributed by atoms with van der Waals surface area (Å²) >= 11 is 3.66. The lowest BCUT2D eigenvalue weighted by Gasteiger charge is -2.33. The molecular formula is C15H26BrNO2. The van der Waals surface area contributed by atoms with Crippen molar-refractivity contribution in [3.05, 3.63) is 0 Å². The number of halogens is 1. The van der Waals surface area contributed by atoms with Crippen molar-refractivity contribution >= 4 is 21.8 Å². The summed E-state index contributed by atoms with van der Waals surface area (Å²) in [5.74, 6) is 1.06. The maximum absolute atomic E-state index is 12.2. The van der Waals surface area contributed by atoms with Gasteiger partial charge in [-0.1, -0.05) is 22.9 Å². The van der Waals surface area contributed by atoms with Gasteiger partial charge in [0.25, 0.3) is 0 Å². The Balaban J connectivity index is 1.66. The molecule has 0 aliphatic carbocycles. The van der Waals surface area contributed by atoms with E-state index in [1.807, 2.05) is 0 Å². The molecule has 110 valence electrons. The number of piperidine rings is 1. The molecule has 1 amide bonds. The molecule has 0 bridgehead atoms. The van der Waals surface area contributed by atoms with Crippen LogP contribution in [-0.2, 0) is 9.53 Å². The van der Waals surface area contributed by atoms with Gasteiger partial charge >= 0.3 is 0 Å². The van der Waals surface area contributed by atoms with E-state index in [1.165, 1.54) is 12.8 Å². The molecule has 19 heavy (non-hydrogen) atoms. The lowest BCUT2D eigenvalue weighted by atomic mass is 9.94. The van der Waals surface area contributed by atoms with E-state index in [-0.39, 0.29) is 0 Å². The van der Waals surface area contributed by atoms with Crippen LogP contribution in [0.5, 0.6) is 0 Å². The number of rotatable bonds is 4. The highest BCUT2D eigenvalue weighted by Gasteiger charge is 2.25. The average molecular weight is 332 g/mol. The molecule has 2 aliphatic rings. The minimum atomic E-state index is 0.329. The number of nitrogens with zero attached hydrogens (tertiary/aromatic N) is 1. The van der Waals surface area contributed by atoms with E-state index in [4.69, 9.17) is 4.74 Å². The van der Waals surface area contributed by atoms with Crippen LogP contribution in [0.4, 0.5) is 0 Å². The Labute approximate surface area is 125 Å². The molecule has 0 aromatic carbocycles. The third-order valence-corrected chi connectivity index (χ3v) is 5.24. The zero-order chi connectivity index (χ0) is 13.7. The molecule has 0 aromatic heterocycles. The van der Waals surface area contributed by atoms with Crippen LogP contribution < -0.4 is 0 Å². The lowest BCUT2D eigenvalue weighted by Crippen LogP contribution is -2.40. The molecule has 0 aromatic rings. The van der Waals surface area contributed by atoms with Crippen LogP contribution >= 0.6 is 15.9 Å². The molecule has 4 heteroatoms. The number of amides is 1. The Morgan fingerprint density at radius 1 is 1.32 bits per heavy atom. The summed E-state index contributed by atoms with van der Waals surface area (Å²) < 4.78 is 5.69. The fraction of sp³-hybridized carbons (Fsp3) is 0.933. The summed E-state index contributed by atoms with van der Waals surface area (Å²) in [5.41, 5.74) is 0. The Hall–Kier alpha value is -0.0900. The first-order valence-corrected chi connectivity index (χ1v) is 8.62. The summed E-state index contributed by atoms with van der Waals surface area (Å²) in [6, 6.07) is 0. The molecule has 0 spiro atoms. The van der Waals surface area contributed by atoms with Gasteiger partial charge in [0.15, 0.2) is 0 Å². The van der Waals surface area contributed by atoms with Crippen LogP contribution in [0, 0.1) is 5.92 Å². The SMILES string of the molecule is CC(Br)C1CCN(C(=O)CCC2CCCCO2)CC1. The summed E-state index contributed by atoms with van der Waals surface area (Å²) in [6.45, 7) is 4.96.